The van der Waals surface area contributed by atoms with Gasteiger partial charge >= 0.3 is 5.69 Å². The third-order valence-electron chi connectivity index (χ3n) is 4.13. The number of hydrogen-bond donors (Lipinski definition) is 2. The molecular weight excluding hydrogens is 367 g/mol. The molecule has 0 saturated heterocycles. The number of pyridine rings is 1. The van der Waals surface area contributed by atoms with Crippen LogP contribution in [0.3, 0.4) is 0 Å². The maximum Gasteiger partial charge on any atom is 0.305 e. The molecule has 3 rings (SSSR count). The van der Waals surface area contributed by atoms with Gasteiger partial charge < -0.3 is 11.1 Å². The van der Waals surface area contributed by atoms with Gasteiger partial charge in [0.05, 0.1) is 10.4 Å². The average molecular weight is 382 g/mol. The van der Waals surface area contributed by atoms with Crippen LogP contribution in [0.4, 0.5) is 10.1 Å². The fraction of sp³-hybridized carbons (Fsp3) is 0.105. The molecule has 0 fully saturated rings. The Morgan fingerprint density at radius 1 is 1.18 bits per heavy atom. The van der Waals surface area contributed by atoms with E-state index in [1.54, 1.807) is 18.2 Å². The van der Waals surface area contributed by atoms with Gasteiger partial charge in [0.1, 0.15) is 11.7 Å². The van der Waals surface area contributed by atoms with Crippen LogP contribution in [0.1, 0.15) is 16.1 Å². The summed E-state index contributed by atoms with van der Waals surface area (Å²) in [6.45, 7) is 0. The minimum atomic E-state index is -1.15. The lowest BCUT2D eigenvalue weighted by molar-refractivity contribution is -0.387. The average Bonchev–Trinajstić information content (AvgIpc) is 2.68. The number of nitro groups is 1. The van der Waals surface area contributed by atoms with Crippen LogP contribution in [-0.2, 0) is 11.2 Å². The Labute approximate surface area is 158 Å². The van der Waals surface area contributed by atoms with E-state index in [4.69, 9.17) is 5.73 Å². The number of benzene rings is 2. The lowest BCUT2D eigenvalue weighted by atomic mass is 10.0. The molecule has 9 heteroatoms. The van der Waals surface area contributed by atoms with Gasteiger partial charge in [-0.3, -0.25) is 19.7 Å². The molecule has 142 valence electrons. The fourth-order valence-electron chi connectivity index (χ4n) is 2.71. The summed E-state index contributed by atoms with van der Waals surface area (Å²) in [4.78, 5) is 38.5. The first kappa shape index (κ1) is 18.9. The number of nitrogens with one attached hydrogen (secondary N) is 1. The molecule has 0 aliphatic carbocycles. The van der Waals surface area contributed by atoms with Crippen LogP contribution >= 0.6 is 0 Å². The number of nitrogens with zero attached hydrogens (tertiary/aromatic N) is 2. The van der Waals surface area contributed by atoms with Crippen molar-refractivity contribution in [2.24, 2.45) is 5.73 Å². The largest absolute Gasteiger partial charge is 0.368 e. The van der Waals surface area contributed by atoms with E-state index in [0.717, 1.165) is 17.5 Å². The summed E-state index contributed by atoms with van der Waals surface area (Å²) in [5.41, 5.74) is 5.61. The van der Waals surface area contributed by atoms with Gasteiger partial charge in [0.15, 0.2) is 0 Å². The van der Waals surface area contributed by atoms with Crippen LogP contribution in [0, 0.1) is 15.9 Å². The van der Waals surface area contributed by atoms with E-state index in [1.165, 1.54) is 12.1 Å². The van der Waals surface area contributed by atoms with Gasteiger partial charge in [-0.25, -0.2) is 4.98 Å². The second-order valence-electron chi connectivity index (χ2n) is 6.06. The Hall–Kier alpha value is -3.88. The zero-order valence-electron chi connectivity index (χ0n) is 14.5. The molecular formula is C19H15FN4O4. The molecule has 0 unspecified atom stereocenters. The Balaban J connectivity index is 1.80. The molecule has 28 heavy (non-hydrogen) atoms. The number of halogens is 1. The standard InChI is InChI=1S/C19H15FN4O4/c20-13-7-5-11(10-17(13)24(27)28)9-16(18(21)25)23-19(26)15-8-6-12-3-1-2-4-14(12)22-15/h1-8,10,16H,9H2,(H2,21,25)(H,23,26)/t16-/m1/s1. The van der Waals surface area contributed by atoms with Gasteiger partial charge in [0.2, 0.25) is 11.7 Å². The second-order valence-corrected chi connectivity index (χ2v) is 6.06. The van der Waals surface area contributed by atoms with Crippen LogP contribution < -0.4 is 11.1 Å². The Kier molecular flexibility index (Phi) is 5.25. The molecule has 0 aliphatic rings. The number of amides is 2. The molecule has 2 aromatic carbocycles. The Morgan fingerprint density at radius 2 is 1.93 bits per heavy atom. The van der Waals surface area contributed by atoms with Crippen LogP contribution in [0.25, 0.3) is 10.9 Å². The van der Waals surface area contributed by atoms with Crippen molar-refractivity contribution in [3.8, 4) is 0 Å². The van der Waals surface area contributed by atoms with Crippen molar-refractivity contribution in [3.63, 3.8) is 0 Å². The van der Waals surface area contributed by atoms with Gasteiger partial charge in [-0.05, 0) is 23.8 Å². The van der Waals surface area contributed by atoms with Gasteiger partial charge in [0, 0.05) is 17.9 Å². The number of nitro benzene ring substituents is 1. The zero-order valence-corrected chi connectivity index (χ0v) is 14.5. The number of rotatable bonds is 6. The molecule has 2 amide bonds. The molecule has 0 bridgehead atoms. The van der Waals surface area contributed by atoms with Crippen LogP contribution in [0.2, 0.25) is 0 Å². The van der Waals surface area contributed by atoms with Crippen molar-refractivity contribution >= 4 is 28.4 Å². The molecule has 3 N–H and O–H groups in total. The molecule has 0 radical (unpaired) electrons. The number of carbonyl (C=O) groups is 2. The molecule has 8 nitrogen and oxygen atoms in total. The van der Waals surface area contributed by atoms with Crippen molar-refractivity contribution in [2.45, 2.75) is 12.5 Å². The zero-order chi connectivity index (χ0) is 20.3. The molecule has 3 aromatic rings. The first-order valence-electron chi connectivity index (χ1n) is 8.24. The number of carbonyl (C=O) groups excluding carboxylic acids is 2. The number of nitrogens with two attached hydrogens (primary N) is 1. The Morgan fingerprint density at radius 3 is 2.64 bits per heavy atom. The van der Waals surface area contributed by atoms with E-state index in [2.05, 4.69) is 10.3 Å². The highest BCUT2D eigenvalue weighted by atomic mass is 19.1. The lowest BCUT2D eigenvalue weighted by Gasteiger charge is -2.15. The van der Waals surface area contributed by atoms with Gasteiger partial charge in [0.25, 0.3) is 5.91 Å². The van der Waals surface area contributed by atoms with Crippen molar-refractivity contribution in [2.75, 3.05) is 0 Å². The number of aromatic nitrogens is 1. The van der Waals surface area contributed by atoms with Crippen molar-refractivity contribution in [1.82, 2.24) is 10.3 Å². The molecule has 1 heterocycles. The molecule has 1 aromatic heterocycles. The van der Waals surface area contributed by atoms with Crippen molar-refractivity contribution in [3.05, 3.63) is 81.8 Å². The van der Waals surface area contributed by atoms with E-state index < -0.39 is 34.3 Å². The number of para-hydroxylation sites is 1. The highest BCUT2D eigenvalue weighted by molar-refractivity contribution is 5.97. The number of fused-ring (bicyclic) bond motifs is 1. The normalized spacial score (nSPS) is 11.8. The van der Waals surface area contributed by atoms with Crippen LogP contribution in [-0.4, -0.2) is 27.8 Å². The van der Waals surface area contributed by atoms with Crippen molar-refractivity contribution in [1.29, 1.82) is 0 Å². The van der Waals surface area contributed by atoms with Gasteiger partial charge in [-0.1, -0.05) is 30.3 Å². The van der Waals surface area contributed by atoms with Gasteiger partial charge in [-0.15, -0.1) is 0 Å². The maximum atomic E-state index is 13.5. The summed E-state index contributed by atoms with van der Waals surface area (Å²) in [5.74, 6) is -2.44. The van der Waals surface area contributed by atoms with E-state index in [9.17, 15) is 24.1 Å². The molecule has 0 spiro atoms. The first-order chi connectivity index (χ1) is 13.3. The third kappa shape index (κ3) is 4.09. The van der Waals surface area contributed by atoms with Crippen molar-refractivity contribution < 1.29 is 18.9 Å². The second kappa shape index (κ2) is 7.78. The molecule has 0 saturated carbocycles. The highest BCUT2D eigenvalue weighted by Gasteiger charge is 2.22. The monoisotopic (exact) mass is 382 g/mol. The van der Waals surface area contributed by atoms with E-state index in [-0.39, 0.29) is 17.7 Å². The van der Waals surface area contributed by atoms with E-state index in [0.29, 0.717) is 5.52 Å². The van der Waals surface area contributed by atoms with E-state index in [1.807, 2.05) is 12.1 Å². The van der Waals surface area contributed by atoms with Gasteiger partial charge in [-0.2, -0.15) is 4.39 Å². The quantitative estimate of drug-likeness (QED) is 0.498. The number of primary amides is 1. The topological polar surface area (TPSA) is 128 Å². The Bertz CT molecular complexity index is 1090. The first-order valence-corrected chi connectivity index (χ1v) is 8.24. The summed E-state index contributed by atoms with van der Waals surface area (Å²) in [7, 11) is 0. The summed E-state index contributed by atoms with van der Waals surface area (Å²) in [6.07, 6.45) is -0.129. The molecule has 0 aliphatic heterocycles. The van der Waals surface area contributed by atoms with Crippen LogP contribution in [0.15, 0.2) is 54.6 Å². The smallest absolute Gasteiger partial charge is 0.305 e. The summed E-state index contributed by atoms with van der Waals surface area (Å²) in [6, 6.07) is 12.5. The highest BCUT2D eigenvalue weighted by Crippen LogP contribution is 2.19. The predicted octanol–water partition coefficient (Wildman–Crippen LogP) is 2.11. The SMILES string of the molecule is NC(=O)[C@@H](Cc1ccc(F)c([N+](=O)[O-])c1)NC(=O)c1ccc2ccccc2n1. The van der Waals surface area contributed by atoms with E-state index >= 15 is 0 Å². The maximum absolute atomic E-state index is 13.5. The molecule has 1 atom stereocenters. The predicted molar refractivity (Wildman–Crippen MR) is 99.0 cm³/mol. The van der Waals surface area contributed by atoms with Crippen LogP contribution in [0.5, 0.6) is 0 Å². The summed E-state index contributed by atoms with van der Waals surface area (Å²) >= 11 is 0. The minimum absolute atomic E-state index is 0.0926. The lowest BCUT2D eigenvalue weighted by Crippen LogP contribution is -2.46. The fourth-order valence-corrected chi connectivity index (χ4v) is 2.71. The third-order valence-corrected chi connectivity index (χ3v) is 4.13. The summed E-state index contributed by atoms with van der Waals surface area (Å²) < 4.78 is 13.5. The number of hydrogen-bond acceptors (Lipinski definition) is 5. The summed E-state index contributed by atoms with van der Waals surface area (Å²) in [5, 5.41) is 14.2. The minimum Gasteiger partial charge on any atom is -0.368 e.